The summed E-state index contributed by atoms with van der Waals surface area (Å²) in [4.78, 5) is 57.5. The van der Waals surface area contributed by atoms with Crippen molar-refractivity contribution in [2.45, 2.75) is 51.4 Å². The number of anilines is 5. The molecule has 1 aromatic carbocycles. The molecule has 50 heavy (non-hydrogen) atoms. The maximum atomic E-state index is 13.0. The van der Waals surface area contributed by atoms with E-state index in [0.717, 1.165) is 54.0 Å². The van der Waals surface area contributed by atoms with Crippen LogP contribution < -0.4 is 16.0 Å². The van der Waals surface area contributed by atoms with Crippen molar-refractivity contribution in [1.29, 1.82) is 0 Å². The van der Waals surface area contributed by atoms with Crippen LogP contribution in [0.4, 0.5) is 55.2 Å². The predicted octanol–water partition coefficient (Wildman–Crippen LogP) is 5.96. The van der Waals surface area contributed by atoms with E-state index in [4.69, 9.17) is 31.4 Å². The first kappa shape index (κ1) is 39.2. The number of carbonyl (C=O) groups is 4. The van der Waals surface area contributed by atoms with Crippen LogP contribution in [0, 0.1) is 5.92 Å². The third-order valence-electron chi connectivity index (χ3n) is 7.04. The number of nitrogens with zero attached hydrogens (tertiary/aromatic N) is 4. The minimum absolute atomic E-state index is 0.0402. The summed E-state index contributed by atoms with van der Waals surface area (Å²) in [6.07, 6.45) is -1.35. The standard InChI is InChI=1S/C26H28ClN7O2.2C2HF3O2/c1-16(35)34-8-2-3-18(15-34)10-24(36)32-23-7-6-20-11-19(23)5-4-17-9-21(13-28-12-17)31-26-29-14-22(27)25(30-20)33-26;2*3-2(4,5)1(6)7/h6-7,9,11-14,18H,2-5,8,10,15H2,1H3,(H,32,36)(H2,29,30,31,33);2*(H,6,7)/t18-;;/m0../s1. The molecule has 0 aliphatic carbocycles. The molecule has 1 saturated heterocycles. The van der Waals surface area contributed by atoms with Crippen molar-refractivity contribution in [1.82, 2.24) is 19.9 Å². The van der Waals surface area contributed by atoms with Gasteiger partial charge < -0.3 is 31.1 Å². The van der Waals surface area contributed by atoms with Crippen LogP contribution in [0.25, 0.3) is 0 Å². The quantitative estimate of drug-likeness (QED) is 0.200. The highest BCUT2D eigenvalue weighted by molar-refractivity contribution is 6.32. The predicted molar refractivity (Wildman–Crippen MR) is 167 cm³/mol. The van der Waals surface area contributed by atoms with Gasteiger partial charge in [0.25, 0.3) is 0 Å². The average Bonchev–Trinajstić information content (AvgIpc) is 3.02. The number of halogens is 7. The second kappa shape index (κ2) is 17.0. The molecule has 0 unspecified atom stereocenters. The molecular weight excluding hydrogens is 704 g/mol. The number of aromatic nitrogens is 3. The first-order valence-electron chi connectivity index (χ1n) is 14.6. The molecule has 2 aliphatic heterocycles. The fourth-order valence-corrected chi connectivity index (χ4v) is 4.87. The molecule has 6 bridgehead atoms. The van der Waals surface area contributed by atoms with Gasteiger partial charge in [-0.3, -0.25) is 14.6 Å². The normalized spacial score (nSPS) is 15.4. The molecule has 1 fully saturated rings. The van der Waals surface area contributed by atoms with E-state index < -0.39 is 24.3 Å². The summed E-state index contributed by atoms with van der Waals surface area (Å²) in [5.74, 6) is -4.42. The molecule has 5 N–H and O–H groups in total. The Balaban J connectivity index is 0.000000408. The van der Waals surface area contributed by atoms with Crippen molar-refractivity contribution in [2.75, 3.05) is 29.0 Å². The lowest BCUT2D eigenvalue weighted by molar-refractivity contribution is -0.193. The van der Waals surface area contributed by atoms with Crippen LogP contribution in [0.2, 0.25) is 5.02 Å². The van der Waals surface area contributed by atoms with Gasteiger partial charge in [-0.2, -0.15) is 31.3 Å². The smallest absolute Gasteiger partial charge is 0.475 e. The summed E-state index contributed by atoms with van der Waals surface area (Å²) in [5.41, 5.74) is 4.41. The number of hydrogen-bond donors (Lipinski definition) is 5. The number of pyridine rings is 1. The monoisotopic (exact) mass is 733 g/mol. The Morgan fingerprint density at radius 3 is 2.24 bits per heavy atom. The average molecular weight is 734 g/mol. The number of fused-ring (bicyclic) bond motifs is 6. The van der Waals surface area contributed by atoms with Crippen molar-refractivity contribution >= 4 is 64.2 Å². The van der Waals surface area contributed by atoms with Crippen molar-refractivity contribution in [2.24, 2.45) is 5.92 Å². The van der Waals surface area contributed by atoms with Crippen LogP contribution in [0.15, 0.2) is 42.9 Å². The van der Waals surface area contributed by atoms with E-state index in [0.29, 0.717) is 36.2 Å². The van der Waals surface area contributed by atoms with Gasteiger partial charge in [-0.05, 0) is 67.0 Å². The number of aryl methyl sites for hydroxylation is 2. The number of aliphatic carboxylic acids is 2. The number of alkyl halides is 6. The van der Waals surface area contributed by atoms with Crippen molar-refractivity contribution in [3.05, 3.63) is 59.0 Å². The fraction of sp³-hybridized carbons (Fsp3) is 0.367. The molecule has 2 aromatic heterocycles. The van der Waals surface area contributed by atoms with Crippen LogP contribution in [-0.2, 0) is 32.0 Å². The lowest BCUT2D eigenvalue weighted by atomic mass is 9.94. The first-order chi connectivity index (χ1) is 23.3. The molecule has 4 heterocycles. The minimum Gasteiger partial charge on any atom is -0.475 e. The highest BCUT2D eigenvalue weighted by atomic mass is 35.5. The van der Waals surface area contributed by atoms with Gasteiger partial charge in [0, 0.05) is 44.0 Å². The summed E-state index contributed by atoms with van der Waals surface area (Å²) >= 11 is 6.35. The first-order valence-corrected chi connectivity index (χ1v) is 15.0. The third kappa shape index (κ3) is 12.4. The zero-order valence-corrected chi connectivity index (χ0v) is 26.8. The molecule has 3 aromatic rings. The lowest BCUT2D eigenvalue weighted by Gasteiger charge is -2.31. The molecule has 2 amide bonds. The van der Waals surface area contributed by atoms with Crippen LogP contribution in [-0.4, -0.2) is 79.3 Å². The summed E-state index contributed by atoms with van der Waals surface area (Å²) < 4.78 is 63.5. The van der Waals surface area contributed by atoms with E-state index in [1.807, 2.05) is 35.4 Å². The Morgan fingerprint density at radius 1 is 0.960 bits per heavy atom. The Kier molecular flexibility index (Phi) is 13.3. The molecular formula is C30H30ClF6N7O6. The van der Waals surface area contributed by atoms with Crippen molar-refractivity contribution in [3.63, 3.8) is 0 Å². The molecule has 0 saturated carbocycles. The van der Waals surface area contributed by atoms with E-state index in [9.17, 15) is 35.9 Å². The Morgan fingerprint density at radius 2 is 1.62 bits per heavy atom. The van der Waals surface area contributed by atoms with Gasteiger partial charge in [0.2, 0.25) is 17.8 Å². The number of amides is 2. The van der Waals surface area contributed by atoms with Crippen molar-refractivity contribution in [3.8, 4) is 0 Å². The maximum absolute atomic E-state index is 13.0. The summed E-state index contributed by atoms with van der Waals surface area (Å²) in [5, 5.41) is 24.2. The largest absolute Gasteiger partial charge is 0.490 e. The molecule has 2 aliphatic rings. The molecule has 20 heteroatoms. The van der Waals surface area contributed by atoms with Crippen molar-refractivity contribution < 1.29 is 55.7 Å². The lowest BCUT2D eigenvalue weighted by Crippen LogP contribution is -2.39. The number of hydrogen-bond acceptors (Lipinski definition) is 9. The number of likely N-dealkylation sites (tertiary alicyclic amines) is 1. The van der Waals surface area contributed by atoms with E-state index >= 15 is 0 Å². The molecule has 13 nitrogen and oxygen atoms in total. The van der Waals surface area contributed by atoms with Gasteiger partial charge in [0.15, 0.2) is 5.82 Å². The Labute approximate surface area is 285 Å². The fourth-order valence-electron chi connectivity index (χ4n) is 4.73. The zero-order chi connectivity index (χ0) is 37.2. The SMILES string of the molecule is CC(=O)N1CCC[C@@H](CC(=O)Nc2ccc3cc2CCc2cncc(c2)Nc2ncc(Cl)c(n2)N3)C1.O=C(O)C(F)(F)F.O=C(O)C(F)(F)F. The summed E-state index contributed by atoms with van der Waals surface area (Å²) in [6, 6.07) is 7.82. The van der Waals surface area contributed by atoms with Gasteiger partial charge in [-0.15, -0.1) is 0 Å². The number of benzene rings is 1. The van der Waals surface area contributed by atoms with Gasteiger partial charge >= 0.3 is 24.3 Å². The van der Waals surface area contributed by atoms with Crippen LogP contribution in [0.1, 0.15) is 37.3 Å². The van der Waals surface area contributed by atoms with E-state index in [2.05, 4.69) is 30.9 Å². The topological polar surface area (TPSA) is 187 Å². The van der Waals surface area contributed by atoms with E-state index in [1.54, 1.807) is 19.3 Å². The van der Waals surface area contributed by atoms with E-state index in [-0.39, 0.29) is 17.7 Å². The summed E-state index contributed by atoms with van der Waals surface area (Å²) in [6.45, 7) is 3.00. The number of carboxylic acid groups (broad SMARTS) is 2. The van der Waals surface area contributed by atoms with Crippen LogP contribution in [0.5, 0.6) is 0 Å². The second-order valence-electron chi connectivity index (χ2n) is 10.9. The molecule has 0 spiro atoms. The number of carboxylic acids is 2. The Bertz CT molecular complexity index is 1690. The molecule has 270 valence electrons. The van der Waals surface area contributed by atoms with Gasteiger partial charge in [-0.25, -0.2) is 14.6 Å². The van der Waals surface area contributed by atoms with Gasteiger partial charge in [-0.1, -0.05) is 11.6 Å². The minimum atomic E-state index is -5.08. The highest BCUT2D eigenvalue weighted by Crippen LogP contribution is 2.30. The zero-order valence-electron chi connectivity index (χ0n) is 26.0. The maximum Gasteiger partial charge on any atom is 0.490 e. The van der Waals surface area contributed by atoms with Crippen LogP contribution in [0.3, 0.4) is 0 Å². The third-order valence-corrected chi connectivity index (χ3v) is 7.32. The highest BCUT2D eigenvalue weighted by Gasteiger charge is 2.39. The number of nitrogens with one attached hydrogen (secondary N) is 3. The van der Waals surface area contributed by atoms with Crippen LogP contribution >= 0.6 is 11.6 Å². The van der Waals surface area contributed by atoms with Gasteiger partial charge in [0.1, 0.15) is 5.02 Å². The van der Waals surface area contributed by atoms with Gasteiger partial charge in [0.05, 0.1) is 18.1 Å². The van der Waals surface area contributed by atoms with E-state index in [1.165, 1.54) is 0 Å². The summed E-state index contributed by atoms with van der Waals surface area (Å²) in [7, 11) is 0. The number of piperidine rings is 1. The molecule has 1 atom stereocenters. The molecule has 5 rings (SSSR count). The number of carbonyl (C=O) groups excluding carboxylic acids is 2. The molecule has 0 radical (unpaired) electrons. The number of rotatable bonds is 3. The second-order valence-corrected chi connectivity index (χ2v) is 11.3. The Hall–Kier alpha value is -5.20.